The normalized spacial score (nSPS) is 11.9. The molecule has 1 atom stereocenters. The number of benzene rings is 2. The minimum Gasteiger partial charge on any atom is -0.342 e. The Morgan fingerprint density at radius 1 is 1.04 bits per heavy atom. The zero-order chi connectivity index (χ0) is 16.9. The van der Waals surface area contributed by atoms with Crippen LogP contribution in [0.2, 0.25) is 5.02 Å². The summed E-state index contributed by atoms with van der Waals surface area (Å²) in [6.45, 7) is 1.90. The Balaban J connectivity index is 1.85. The van der Waals surface area contributed by atoms with Crippen molar-refractivity contribution in [1.29, 1.82) is 0 Å². The van der Waals surface area contributed by atoms with Gasteiger partial charge in [0.1, 0.15) is 6.04 Å². The fourth-order valence-electron chi connectivity index (χ4n) is 2.69. The molecule has 3 nitrogen and oxygen atoms in total. The molecule has 0 aliphatic heterocycles. The Labute approximate surface area is 146 Å². The lowest BCUT2D eigenvalue weighted by molar-refractivity contribution is -0.119. The topological polar surface area (TPSA) is 34.0 Å². The summed E-state index contributed by atoms with van der Waals surface area (Å²) in [4.78, 5) is 12.9. The van der Waals surface area contributed by atoms with E-state index in [-0.39, 0.29) is 11.9 Å². The molecule has 3 aromatic rings. The van der Waals surface area contributed by atoms with Crippen molar-refractivity contribution in [2.45, 2.75) is 19.4 Å². The second-order valence-corrected chi connectivity index (χ2v) is 6.14. The maximum atomic E-state index is 12.9. The number of carbonyl (C=O) groups excluding carboxylic acids is 1. The van der Waals surface area contributed by atoms with E-state index in [2.05, 4.69) is 5.32 Å². The van der Waals surface area contributed by atoms with E-state index < -0.39 is 0 Å². The number of aromatic nitrogens is 1. The van der Waals surface area contributed by atoms with Crippen molar-refractivity contribution in [2.24, 2.45) is 0 Å². The molecule has 0 bridgehead atoms. The SMILES string of the molecule is Cc1c(Cl)cccc1NC(=O)[C@@H](Cc1ccccc1)n1cccc1. The van der Waals surface area contributed by atoms with Crippen molar-refractivity contribution in [3.63, 3.8) is 0 Å². The van der Waals surface area contributed by atoms with Crippen molar-refractivity contribution in [3.05, 3.63) is 89.2 Å². The molecule has 2 aromatic carbocycles. The number of rotatable bonds is 5. The number of anilines is 1. The Morgan fingerprint density at radius 2 is 1.75 bits per heavy atom. The van der Waals surface area contributed by atoms with Crippen LogP contribution in [0.4, 0.5) is 5.69 Å². The molecule has 0 aliphatic carbocycles. The monoisotopic (exact) mass is 338 g/mol. The van der Waals surface area contributed by atoms with Crippen LogP contribution in [0.1, 0.15) is 17.2 Å². The summed E-state index contributed by atoms with van der Waals surface area (Å²) >= 11 is 6.15. The maximum Gasteiger partial charge on any atom is 0.247 e. The lowest BCUT2D eigenvalue weighted by atomic mass is 10.0. The van der Waals surface area contributed by atoms with Gasteiger partial charge in [0.15, 0.2) is 0 Å². The van der Waals surface area contributed by atoms with Gasteiger partial charge < -0.3 is 9.88 Å². The Hall–Kier alpha value is -2.52. The predicted molar refractivity (Wildman–Crippen MR) is 98.4 cm³/mol. The van der Waals surface area contributed by atoms with Gasteiger partial charge in [-0.15, -0.1) is 0 Å². The first kappa shape index (κ1) is 16.3. The number of nitrogens with one attached hydrogen (secondary N) is 1. The van der Waals surface area contributed by atoms with Crippen molar-refractivity contribution in [3.8, 4) is 0 Å². The number of halogens is 1. The fraction of sp³-hybridized carbons (Fsp3) is 0.150. The summed E-state index contributed by atoms with van der Waals surface area (Å²) in [6.07, 6.45) is 4.46. The third-order valence-corrected chi connectivity index (χ3v) is 4.50. The van der Waals surface area contributed by atoms with E-state index in [1.807, 2.05) is 84.5 Å². The molecule has 24 heavy (non-hydrogen) atoms. The Morgan fingerprint density at radius 3 is 2.46 bits per heavy atom. The first-order valence-corrected chi connectivity index (χ1v) is 8.25. The Bertz CT molecular complexity index is 813. The predicted octanol–water partition coefficient (Wildman–Crippen LogP) is 4.87. The molecule has 0 saturated carbocycles. The molecule has 0 spiro atoms. The van der Waals surface area contributed by atoms with Gasteiger partial charge in [0.2, 0.25) is 5.91 Å². The summed E-state index contributed by atoms with van der Waals surface area (Å²) in [5.74, 6) is -0.0552. The van der Waals surface area contributed by atoms with Crippen LogP contribution < -0.4 is 5.32 Å². The first-order chi connectivity index (χ1) is 11.6. The van der Waals surface area contributed by atoms with Gasteiger partial charge in [-0.1, -0.05) is 48.0 Å². The van der Waals surface area contributed by atoms with Gasteiger partial charge in [-0.3, -0.25) is 4.79 Å². The minimum absolute atomic E-state index is 0.0552. The first-order valence-electron chi connectivity index (χ1n) is 7.87. The highest BCUT2D eigenvalue weighted by molar-refractivity contribution is 6.31. The largest absolute Gasteiger partial charge is 0.342 e. The van der Waals surface area contributed by atoms with Crippen LogP contribution in [0, 0.1) is 6.92 Å². The van der Waals surface area contributed by atoms with Crippen LogP contribution in [0.15, 0.2) is 73.1 Å². The van der Waals surface area contributed by atoms with Gasteiger partial charge in [0, 0.05) is 29.5 Å². The van der Waals surface area contributed by atoms with Crippen molar-refractivity contribution >= 4 is 23.2 Å². The molecule has 1 aromatic heterocycles. The average Bonchev–Trinajstić information content (AvgIpc) is 3.12. The van der Waals surface area contributed by atoms with Gasteiger partial charge in [-0.05, 0) is 42.3 Å². The van der Waals surface area contributed by atoms with Crippen LogP contribution in [0.5, 0.6) is 0 Å². The van der Waals surface area contributed by atoms with Crippen LogP contribution in [0.25, 0.3) is 0 Å². The van der Waals surface area contributed by atoms with Gasteiger partial charge in [-0.2, -0.15) is 0 Å². The van der Waals surface area contributed by atoms with E-state index in [1.165, 1.54) is 0 Å². The van der Waals surface area contributed by atoms with Crippen LogP contribution in [0.3, 0.4) is 0 Å². The number of carbonyl (C=O) groups is 1. The number of hydrogen-bond donors (Lipinski definition) is 1. The van der Waals surface area contributed by atoms with E-state index in [1.54, 1.807) is 0 Å². The smallest absolute Gasteiger partial charge is 0.247 e. The van der Waals surface area contributed by atoms with Crippen LogP contribution in [-0.4, -0.2) is 10.5 Å². The zero-order valence-corrected chi connectivity index (χ0v) is 14.2. The maximum absolute atomic E-state index is 12.9. The van der Waals surface area contributed by atoms with Gasteiger partial charge >= 0.3 is 0 Å². The zero-order valence-electron chi connectivity index (χ0n) is 13.4. The van der Waals surface area contributed by atoms with E-state index in [0.717, 1.165) is 16.8 Å². The molecular weight excluding hydrogens is 320 g/mol. The van der Waals surface area contributed by atoms with E-state index in [0.29, 0.717) is 11.4 Å². The highest BCUT2D eigenvalue weighted by Crippen LogP contribution is 2.25. The minimum atomic E-state index is -0.319. The lowest BCUT2D eigenvalue weighted by Gasteiger charge is -2.20. The standard InChI is InChI=1S/C20H19ClN2O/c1-15-17(21)10-7-11-18(15)22-20(24)19(23-12-5-6-13-23)14-16-8-3-2-4-9-16/h2-13,19H,14H2,1H3,(H,22,24)/t19-/m1/s1. The third kappa shape index (κ3) is 3.69. The summed E-state index contributed by atoms with van der Waals surface area (Å²) < 4.78 is 1.93. The van der Waals surface area contributed by atoms with Gasteiger partial charge in [0.25, 0.3) is 0 Å². The van der Waals surface area contributed by atoms with Crippen molar-refractivity contribution in [1.82, 2.24) is 4.57 Å². The summed E-state index contributed by atoms with van der Waals surface area (Å²) in [5.41, 5.74) is 2.74. The lowest BCUT2D eigenvalue weighted by Crippen LogP contribution is -2.27. The highest BCUT2D eigenvalue weighted by atomic mass is 35.5. The molecule has 1 N–H and O–H groups in total. The number of amides is 1. The third-order valence-electron chi connectivity index (χ3n) is 4.09. The second kappa shape index (κ2) is 7.37. The van der Waals surface area contributed by atoms with Gasteiger partial charge in [-0.25, -0.2) is 0 Å². The molecular formula is C20H19ClN2O. The summed E-state index contributed by atoms with van der Waals surface area (Å²) in [5, 5.41) is 3.66. The molecule has 4 heteroatoms. The van der Waals surface area contributed by atoms with Crippen molar-refractivity contribution < 1.29 is 4.79 Å². The summed E-state index contributed by atoms with van der Waals surface area (Å²) in [7, 11) is 0. The van der Waals surface area contributed by atoms with E-state index >= 15 is 0 Å². The molecule has 122 valence electrons. The second-order valence-electron chi connectivity index (χ2n) is 5.74. The van der Waals surface area contributed by atoms with E-state index in [9.17, 15) is 4.79 Å². The molecule has 3 rings (SSSR count). The molecule has 0 saturated heterocycles. The number of hydrogen-bond acceptors (Lipinski definition) is 1. The Kier molecular flexibility index (Phi) is 5.02. The van der Waals surface area contributed by atoms with Crippen LogP contribution >= 0.6 is 11.6 Å². The molecule has 0 fully saturated rings. The molecule has 0 radical (unpaired) electrons. The quantitative estimate of drug-likeness (QED) is 0.707. The summed E-state index contributed by atoms with van der Waals surface area (Å²) in [6, 6.07) is 19.1. The molecule has 0 aliphatic rings. The van der Waals surface area contributed by atoms with Crippen molar-refractivity contribution in [2.75, 3.05) is 5.32 Å². The number of nitrogens with zero attached hydrogens (tertiary/aromatic N) is 1. The molecule has 0 unspecified atom stereocenters. The fourth-order valence-corrected chi connectivity index (χ4v) is 2.86. The van der Waals surface area contributed by atoms with Gasteiger partial charge in [0.05, 0.1) is 0 Å². The molecule has 1 amide bonds. The highest BCUT2D eigenvalue weighted by Gasteiger charge is 2.21. The van der Waals surface area contributed by atoms with E-state index in [4.69, 9.17) is 11.6 Å². The van der Waals surface area contributed by atoms with Crippen LogP contribution in [-0.2, 0) is 11.2 Å². The molecule has 1 heterocycles. The average molecular weight is 339 g/mol.